The molecule has 1 unspecified atom stereocenters. The minimum Gasteiger partial charge on any atom is -0.488 e. The van der Waals surface area contributed by atoms with Gasteiger partial charge in [0.15, 0.2) is 5.75 Å². The van der Waals surface area contributed by atoms with Crippen molar-refractivity contribution >= 4 is 25.8 Å². The summed E-state index contributed by atoms with van der Waals surface area (Å²) in [6.07, 6.45) is 0.0574. The smallest absolute Gasteiger partial charge is 0.210 e. The molecular formula is C16H15BrO4S. The highest BCUT2D eigenvalue weighted by Crippen LogP contribution is 2.36. The zero-order chi connectivity index (χ0) is 15.7. The average Bonchev–Trinajstić information content (AvgIpc) is 3.30. The predicted octanol–water partition coefficient (Wildman–Crippen LogP) is 3.37. The molecule has 0 aromatic heterocycles. The molecule has 1 aliphatic heterocycles. The molecule has 2 aromatic carbocycles. The van der Waals surface area contributed by atoms with Crippen LogP contribution in [0.1, 0.15) is 5.56 Å². The largest absolute Gasteiger partial charge is 0.488 e. The van der Waals surface area contributed by atoms with Gasteiger partial charge in [-0.1, -0.05) is 23.8 Å². The van der Waals surface area contributed by atoms with Crippen molar-refractivity contribution in [1.82, 2.24) is 0 Å². The van der Waals surface area contributed by atoms with Gasteiger partial charge < -0.3 is 9.47 Å². The van der Waals surface area contributed by atoms with Crippen LogP contribution >= 0.6 is 15.9 Å². The lowest BCUT2D eigenvalue weighted by atomic mass is 10.2. The number of aryl methyl sites for hydroxylation is 1. The number of halogens is 1. The molecule has 1 saturated heterocycles. The Kier molecular flexibility index (Phi) is 4.25. The standard InChI is InChI=1S/C16H15BrO4S/c1-11-5-7-13(8-6-11)22(18,19)15-4-2-3-14(17)16(15)21-10-12-9-20-12/h2-8,12H,9-10H2,1H3. The highest BCUT2D eigenvalue weighted by atomic mass is 79.9. The first-order chi connectivity index (χ1) is 10.5. The number of ether oxygens (including phenoxy) is 2. The number of epoxide rings is 1. The number of hydrogen-bond donors (Lipinski definition) is 0. The molecule has 0 N–H and O–H groups in total. The Morgan fingerprint density at radius 3 is 2.55 bits per heavy atom. The molecule has 0 saturated carbocycles. The molecule has 1 fully saturated rings. The van der Waals surface area contributed by atoms with E-state index in [9.17, 15) is 8.42 Å². The van der Waals surface area contributed by atoms with E-state index in [-0.39, 0.29) is 15.9 Å². The Bertz CT molecular complexity index is 780. The lowest BCUT2D eigenvalue weighted by Crippen LogP contribution is -2.10. The summed E-state index contributed by atoms with van der Waals surface area (Å²) < 4.78 is 37.1. The van der Waals surface area contributed by atoms with E-state index in [0.717, 1.165) is 5.56 Å². The molecule has 1 heterocycles. The maximum atomic E-state index is 12.8. The van der Waals surface area contributed by atoms with Crippen LogP contribution in [0.2, 0.25) is 0 Å². The Balaban J connectivity index is 2.01. The van der Waals surface area contributed by atoms with E-state index in [1.807, 2.05) is 6.92 Å². The van der Waals surface area contributed by atoms with Crippen LogP contribution in [0, 0.1) is 6.92 Å². The van der Waals surface area contributed by atoms with Gasteiger partial charge in [-0.2, -0.15) is 0 Å². The minimum atomic E-state index is -3.63. The second kappa shape index (κ2) is 6.02. The van der Waals surface area contributed by atoms with Crippen molar-refractivity contribution in [1.29, 1.82) is 0 Å². The van der Waals surface area contributed by atoms with Crippen molar-refractivity contribution in [2.75, 3.05) is 13.2 Å². The summed E-state index contributed by atoms with van der Waals surface area (Å²) in [5.41, 5.74) is 1.01. The molecule has 0 spiro atoms. The van der Waals surface area contributed by atoms with Gasteiger partial charge in [-0.05, 0) is 47.1 Å². The normalized spacial score (nSPS) is 17.3. The molecule has 1 aliphatic rings. The number of benzene rings is 2. The molecule has 3 rings (SSSR count). The van der Waals surface area contributed by atoms with Gasteiger partial charge in [0, 0.05) is 0 Å². The Labute approximate surface area is 138 Å². The summed E-state index contributed by atoms with van der Waals surface area (Å²) in [7, 11) is -3.63. The molecule has 1 atom stereocenters. The number of hydrogen-bond acceptors (Lipinski definition) is 4. The number of sulfone groups is 1. The zero-order valence-corrected chi connectivity index (χ0v) is 14.4. The van der Waals surface area contributed by atoms with Gasteiger partial charge >= 0.3 is 0 Å². The fourth-order valence-electron chi connectivity index (χ4n) is 2.03. The van der Waals surface area contributed by atoms with Crippen LogP contribution in [0.5, 0.6) is 5.75 Å². The second-order valence-corrected chi connectivity index (χ2v) is 7.92. The fourth-order valence-corrected chi connectivity index (χ4v) is 4.06. The van der Waals surface area contributed by atoms with Crippen molar-refractivity contribution < 1.29 is 17.9 Å². The summed E-state index contributed by atoms with van der Waals surface area (Å²) in [5, 5.41) is 0. The Morgan fingerprint density at radius 1 is 1.23 bits per heavy atom. The fraction of sp³-hybridized carbons (Fsp3) is 0.250. The zero-order valence-electron chi connectivity index (χ0n) is 12.0. The van der Waals surface area contributed by atoms with Crippen molar-refractivity contribution in [3.8, 4) is 5.75 Å². The van der Waals surface area contributed by atoms with Crippen molar-refractivity contribution in [2.45, 2.75) is 22.8 Å². The summed E-state index contributed by atoms with van der Waals surface area (Å²) in [6, 6.07) is 11.8. The maximum absolute atomic E-state index is 12.8. The quantitative estimate of drug-likeness (QED) is 0.743. The van der Waals surface area contributed by atoms with Crippen LogP contribution in [-0.4, -0.2) is 27.7 Å². The topological polar surface area (TPSA) is 55.9 Å². The summed E-state index contributed by atoms with van der Waals surface area (Å²) in [6.45, 7) is 2.92. The van der Waals surface area contributed by atoms with Gasteiger partial charge in [-0.25, -0.2) is 8.42 Å². The highest BCUT2D eigenvalue weighted by Gasteiger charge is 2.27. The summed E-state index contributed by atoms with van der Waals surface area (Å²) in [4.78, 5) is 0.412. The van der Waals surface area contributed by atoms with Gasteiger partial charge in [0.05, 0.1) is 16.0 Å². The first-order valence-electron chi connectivity index (χ1n) is 6.83. The predicted molar refractivity (Wildman–Crippen MR) is 86.0 cm³/mol. The van der Waals surface area contributed by atoms with Crippen LogP contribution < -0.4 is 4.74 Å². The maximum Gasteiger partial charge on any atom is 0.210 e. The molecule has 0 amide bonds. The van der Waals surface area contributed by atoms with Gasteiger partial charge in [-0.3, -0.25) is 0 Å². The Morgan fingerprint density at radius 2 is 1.91 bits per heavy atom. The number of rotatable bonds is 5. The van der Waals surface area contributed by atoms with Gasteiger partial charge in [0.1, 0.15) is 17.6 Å². The van der Waals surface area contributed by atoms with E-state index in [1.54, 1.807) is 42.5 Å². The highest BCUT2D eigenvalue weighted by molar-refractivity contribution is 9.10. The van der Waals surface area contributed by atoms with Crippen LogP contribution in [0.25, 0.3) is 0 Å². The lowest BCUT2D eigenvalue weighted by Gasteiger charge is -2.13. The van der Waals surface area contributed by atoms with Crippen LogP contribution in [0.15, 0.2) is 56.7 Å². The molecule has 2 aromatic rings. The first-order valence-corrected chi connectivity index (χ1v) is 9.11. The van der Waals surface area contributed by atoms with Crippen molar-refractivity contribution in [3.05, 3.63) is 52.5 Å². The molecular weight excluding hydrogens is 368 g/mol. The average molecular weight is 383 g/mol. The van der Waals surface area contributed by atoms with Crippen LogP contribution in [0.3, 0.4) is 0 Å². The van der Waals surface area contributed by atoms with E-state index in [4.69, 9.17) is 9.47 Å². The molecule has 22 heavy (non-hydrogen) atoms. The first kappa shape index (κ1) is 15.5. The summed E-state index contributed by atoms with van der Waals surface area (Å²) >= 11 is 3.36. The third-order valence-electron chi connectivity index (χ3n) is 3.37. The summed E-state index contributed by atoms with van der Waals surface area (Å²) in [5.74, 6) is 0.332. The van der Waals surface area contributed by atoms with Gasteiger partial charge in [-0.15, -0.1) is 0 Å². The van der Waals surface area contributed by atoms with Crippen molar-refractivity contribution in [3.63, 3.8) is 0 Å². The third-order valence-corrected chi connectivity index (χ3v) is 5.79. The Hall–Kier alpha value is -1.37. The third kappa shape index (κ3) is 3.19. The minimum absolute atomic E-state index is 0.0574. The van der Waals surface area contributed by atoms with E-state index in [2.05, 4.69) is 15.9 Å². The molecule has 6 heteroatoms. The molecule has 0 aliphatic carbocycles. The molecule has 0 bridgehead atoms. The second-order valence-electron chi connectivity index (χ2n) is 5.15. The molecule has 0 radical (unpaired) electrons. The van der Waals surface area contributed by atoms with Gasteiger partial charge in [0.2, 0.25) is 9.84 Å². The van der Waals surface area contributed by atoms with Crippen molar-refractivity contribution in [2.24, 2.45) is 0 Å². The van der Waals surface area contributed by atoms with Gasteiger partial charge in [0.25, 0.3) is 0 Å². The lowest BCUT2D eigenvalue weighted by molar-refractivity contribution is 0.256. The monoisotopic (exact) mass is 382 g/mol. The van der Waals surface area contributed by atoms with E-state index in [1.165, 1.54) is 0 Å². The van der Waals surface area contributed by atoms with Crippen LogP contribution in [-0.2, 0) is 14.6 Å². The van der Waals surface area contributed by atoms with E-state index >= 15 is 0 Å². The van der Waals surface area contributed by atoms with Crippen LogP contribution in [0.4, 0.5) is 0 Å². The number of para-hydroxylation sites is 1. The molecule has 4 nitrogen and oxygen atoms in total. The van der Waals surface area contributed by atoms with E-state index in [0.29, 0.717) is 23.4 Å². The molecule has 116 valence electrons. The van der Waals surface area contributed by atoms with E-state index < -0.39 is 9.84 Å². The SMILES string of the molecule is Cc1ccc(S(=O)(=O)c2cccc(Br)c2OCC2CO2)cc1.